The third-order valence-electron chi connectivity index (χ3n) is 4.39. The van der Waals surface area contributed by atoms with E-state index in [1.807, 2.05) is 0 Å². The van der Waals surface area contributed by atoms with Gasteiger partial charge in [-0.15, -0.1) is 0 Å². The molecule has 0 saturated heterocycles. The van der Waals surface area contributed by atoms with E-state index < -0.39 is 11.6 Å². The SMILES string of the molecule is O=C(Cn1ccccc1=O)NC1CCC(Oc2cc(F)cc(F)c2)CC1. The molecule has 26 heavy (non-hydrogen) atoms. The van der Waals surface area contributed by atoms with Gasteiger partial charge in [-0.05, 0) is 31.7 Å². The van der Waals surface area contributed by atoms with Crippen LogP contribution >= 0.6 is 0 Å². The Labute approximate surface area is 149 Å². The predicted molar refractivity (Wildman–Crippen MR) is 91.9 cm³/mol. The number of carbonyl (C=O) groups excluding carboxylic acids is 1. The molecule has 1 aromatic heterocycles. The van der Waals surface area contributed by atoms with Crippen molar-refractivity contribution in [2.45, 2.75) is 44.4 Å². The molecule has 0 unspecified atom stereocenters. The van der Waals surface area contributed by atoms with Gasteiger partial charge < -0.3 is 14.6 Å². The standard InChI is InChI=1S/C19H20F2N2O3/c20-13-9-14(21)11-17(10-13)26-16-6-4-15(5-7-16)22-18(24)12-23-8-2-1-3-19(23)25/h1-3,8-11,15-16H,4-7,12H2,(H,22,24). The zero-order valence-corrected chi connectivity index (χ0v) is 14.2. The van der Waals surface area contributed by atoms with Gasteiger partial charge in [0.25, 0.3) is 5.56 Å². The lowest BCUT2D eigenvalue weighted by molar-refractivity contribution is -0.122. The van der Waals surface area contributed by atoms with Gasteiger partial charge in [0.2, 0.25) is 5.91 Å². The first-order chi connectivity index (χ1) is 12.5. The fourth-order valence-corrected chi connectivity index (χ4v) is 3.13. The minimum absolute atomic E-state index is 0.00556. The number of hydrogen-bond acceptors (Lipinski definition) is 3. The number of nitrogens with one attached hydrogen (secondary N) is 1. The van der Waals surface area contributed by atoms with Crippen molar-refractivity contribution in [3.63, 3.8) is 0 Å². The molecule has 1 N–H and O–H groups in total. The second-order valence-corrected chi connectivity index (χ2v) is 6.43. The number of pyridine rings is 1. The van der Waals surface area contributed by atoms with Crippen molar-refractivity contribution in [2.24, 2.45) is 0 Å². The van der Waals surface area contributed by atoms with Crippen LogP contribution in [0.4, 0.5) is 8.78 Å². The summed E-state index contributed by atoms with van der Waals surface area (Å²) in [4.78, 5) is 23.7. The molecule has 0 spiro atoms. The van der Waals surface area contributed by atoms with Crippen LogP contribution in [-0.2, 0) is 11.3 Å². The predicted octanol–water partition coefficient (Wildman–Crippen LogP) is 2.63. The average molecular weight is 362 g/mol. The lowest BCUT2D eigenvalue weighted by atomic mass is 9.93. The number of amides is 1. The van der Waals surface area contributed by atoms with E-state index in [1.165, 1.54) is 10.6 Å². The zero-order valence-electron chi connectivity index (χ0n) is 14.2. The maximum absolute atomic E-state index is 13.2. The maximum atomic E-state index is 13.2. The summed E-state index contributed by atoms with van der Waals surface area (Å²) < 4.78 is 33.4. The number of ether oxygens (including phenoxy) is 1. The van der Waals surface area contributed by atoms with Crippen molar-refractivity contribution in [3.05, 3.63) is 64.6 Å². The van der Waals surface area contributed by atoms with E-state index in [0.717, 1.165) is 18.2 Å². The molecule has 3 rings (SSSR count). The summed E-state index contributed by atoms with van der Waals surface area (Å²) in [7, 11) is 0. The molecule has 1 amide bonds. The summed E-state index contributed by atoms with van der Waals surface area (Å²) in [6.45, 7) is -0.0152. The summed E-state index contributed by atoms with van der Waals surface area (Å²) in [6.07, 6.45) is 4.20. The highest BCUT2D eigenvalue weighted by molar-refractivity contribution is 5.76. The lowest BCUT2D eigenvalue weighted by Gasteiger charge is -2.29. The Morgan fingerprint density at radius 2 is 1.81 bits per heavy atom. The van der Waals surface area contributed by atoms with E-state index in [4.69, 9.17) is 4.74 Å². The van der Waals surface area contributed by atoms with Crippen molar-refractivity contribution in [1.82, 2.24) is 9.88 Å². The zero-order chi connectivity index (χ0) is 18.5. The van der Waals surface area contributed by atoms with Crippen LogP contribution in [0.25, 0.3) is 0 Å². The van der Waals surface area contributed by atoms with E-state index >= 15 is 0 Å². The minimum atomic E-state index is -0.669. The number of aromatic nitrogens is 1. The molecule has 2 aromatic rings. The summed E-state index contributed by atoms with van der Waals surface area (Å²) in [5, 5.41) is 2.92. The monoisotopic (exact) mass is 362 g/mol. The van der Waals surface area contributed by atoms with Crippen molar-refractivity contribution >= 4 is 5.91 Å². The Kier molecular flexibility index (Phi) is 5.65. The summed E-state index contributed by atoms with van der Waals surface area (Å²) in [5.74, 6) is -1.37. The largest absolute Gasteiger partial charge is 0.490 e. The van der Waals surface area contributed by atoms with Gasteiger partial charge in [-0.2, -0.15) is 0 Å². The molecule has 1 fully saturated rings. The molecular formula is C19H20F2N2O3. The van der Waals surface area contributed by atoms with E-state index in [0.29, 0.717) is 25.7 Å². The van der Waals surface area contributed by atoms with E-state index in [1.54, 1.807) is 18.3 Å². The maximum Gasteiger partial charge on any atom is 0.250 e. The molecule has 0 aliphatic heterocycles. The van der Waals surface area contributed by atoms with E-state index in [9.17, 15) is 18.4 Å². The first kappa shape index (κ1) is 18.1. The van der Waals surface area contributed by atoms with Crippen molar-refractivity contribution in [1.29, 1.82) is 0 Å². The summed E-state index contributed by atoms with van der Waals surface area (Å²) in [6, 6.07) is 7.87. The van der Waals surface area contributed by atoms with Gasteiger partial charge in [-0.3, -0.25) is 9.59 Å². The average Bonchev–Trinajstić information content (AvgIpc) is 2.58. The molecule has 1 heterocycles. The fourth-order valence-electron chi connectivity index (χ4n) is 3.13. The molecule has 1 saturated carbocycles. The summed E-state index contributed by atoms with van der Waals surface area (Å²) in [5.41, 5.74) is -0.220. The van der Waals surface area contributed by atoms with Gasteiger partial charge in [-0.25, -0.2) is 8.78 Å². The molecule has 0 radical (unpaired) electrons. The molecule has 0 bridgehead atoms. The summed E-state index contributed by atoms with van der Waals surface area (Å²) >= 11 is 0. The molecule has 7 heteroatoms. The number of carbonyl (C=O) groups is 1. The molecule has 0 atom stereocenters. The molecule has 1 aromatic carbocycles. The van der Waals surface area contributed by atoms with Crippen molar-refractivity contribution in [3.8, 4) is 5.75 Å². The highest BCUT2D eigenvalue weighted by Crippen LogP contribution is 2.25. The molecule has 1 aliphatic rings. The third kappa shape index (κ3) is 4.91. The van der Waals surface area contributed by atoms with Gasteiger partial charge in [0, 0.05) is 36.5 Å². The fraction of sp³-hybridized carbons (Fsp3) is 0.368. The Bertz CT molecular complexity index is 809. The van der Waals surface area contributed by atoms with Gasteiger partial charge in [0.1, 0.15) is 23.9 Å². The quantitative estimate of drug-likeness (QED) is 0.890. The number of hydrogen-bond donors (Lipinski definition) is 1. The lowest BCUT2D eigenvalue weighted by Crippen LogP contribution is -2.42. The number of benzene rings is 1. The topological polar surface area (TPSA) is 60.3 Å². The Balaban J connectivity index is 1.47. The molecule has 5 nitrogen and oxygen atoms in total. The highest BCUT2D eigenvalue weighted by Gasteiger charge is 2.24. The van der Waals surface area contributed by atoms with E-state index in [-0.39, 0.29) is 35.9 Å². The van der Waals surface area contributed by atoms with Crippen LogP contribution in [0.3, 0.4) is 0 Å². The van der Waals surface area contributed by atoms with Gasteiger partial charge in [0.15, 0.2) is 0 Å². The Hall–Kier alpha value is -2.70. The van der Waals surface area contributed by atoms with Gasteiger partial charge in [0.05, 0.1) is 6.10 Å². The van der Waals surface area contributed by atoms with Crippen molar-refractivity contribution in [2.75, 3.05) is 0 Å². The van der Waals surface area contributed by atoms with Crippen LogP contribution in [0, 0.1) is 11.6 Å². The van der Waals surface area contributed by atoms with Crippen LogP contribution in [0.1, 0.15) is 25.7 Å². The molecule has 1 aliphatic carbocycles. The molecular weight excluding hydrogens is 342 g/mol. The number of rotatable bonds is 5. The second-order valence-electron chi connectivity index (χ2n) is 6.43. The first-order valence-electron chi connectivity index (χ1n) is 8.57. The third-order valence-corrected chi connectivity index (χ3v) is 4.39. The van der Waals surface area contributed by atoms with Gasteiger partial charge in [-0.1, -0.05) is 6.07 Å². The van der Waals surface area contributed by atoms with Crippen molar-refractivity contribution < 1.29 is 18.3 Å². The normalized spacial score (nSPS) is 19.8. The second kappa shape index (κ2) is 8.12. The minimum Gasteiger partial charge on any atom is -0.490 e. The van der Waals surface area contributed by atoms with Gasteiger partial charge >= 0.3 is 0 Å². The van der Waals surface area contributed by atoms with Crippen LogP contribution in [0.5, 0.6) is 5.75 Å². The highest BCUT2D eigenvalue weighted by atomic mass is 19.1. The Morgan fingerprint density at radius 3 is 2.46 bits per heavy atom. The first-order valence-corrected chi connectivity index (χ1v) is 8.57. The van der Waals surface area contributed by atoms with E-state index in [2.05, 4.69) is 5.32 Å². The van der Waals surface area contributed by atoms with Crippen LogP contribution in [0.15, 0.2) is 47.4 Å². The molecule has 138 valence electrons. The van der Waals surface area contributed by atoms with Crippen LogP contribution in [0.2, 0.25) is 0 Å². The number of nitrogens with zero attached hydrogens (tertiary/aromatic N) is 1. The number of halogens is 2. The van der Waals surface area contributed by atoms with Crippen LogP contribution < -0.4 is 15.6 Å². The smallest absolute Gasteiger partial charge is 0.250 e. The Morgan fingerprint density at radius 1 is 1.12 bits per heavy atom. The van der Waals surface area contributed by atoms with Crippen LogP contribution in [-0.4, -0.2) is 22.6 Å².